The Kier molecular flexibility index (Phi) is 4.87. The molecule has 0 atom stereocenters. The van der Waals surface area contributed by atoms with Gasteiger partial charge in [-0.2, -0.15) is 0 Å². The summed E-state index contributed by atoms with van der Waals surface area (Å²) >= 11 is 6.17. The Hall–Kier alpha value is -1.99. The average Bonchev–Trinajstić information content (AvgIpc) is 2.48. The predicted molar refractivity (Wildman–Crippen MR) is 92.3 cm³/mol. The number of aryl methyl sites for hydroxylation is 1. The van der Waals surface area contributed by atoms with Crippen molar-refractivity contribution in [1.82, 2.24) is 0 Å². The van der Waals surface area contributed by atoms with Crippen molar-refractivity contribution in [2.45, 2.75) is 20.3 Å². The Bertz CT molecular complexity index is 684. The van der Waals surface area contributed by atoms with Gasteiger partial charge in [0, 0.05) is 10.7 Å². The topological polar surface area (TPSA) is 26.0 Å². The summed E-state index contributed by atoms with van der Waals surface area (Å²) in [5, 5.41) is 0.733. The number of nitrogens with two attached hydrogens (primary N) is 1. The second-order valence-electron chi connectivity index (χ2n) is 5.25. The van der Waals surface area contributed by atoms with Crippen LogP contribution in [0.15, 0.2) is 66.4 Å². The number of hydrogen-bond donors (Lipinski definition) is 1. The first-order chi connectivity index (χ1) is 9.99. The van der Waals surface area contributed by atoms with Crippen molar-refractivity contribution >= 4 is 17.2 Å². The minimum absolute atomic E-state index is 0.598. The van der Waals surface area contributed by atoms with Gasteiger partial charge in [-0.25, -0.2) is 0 Å². The molecule has 2 N–H and O–H groups in total. The molecule has 2 aromatic carbocycles. The molecule has 0 aliphatic rings. The number of benzene rings is 2. The van der Waals surface area contributed by atoms with Gasteiger partial charge in [-0.15, -0.1) is 0 Å². The minimum atomic E-state index is 0.598. The molecule has 0 saturated heterocycles. The largest absolute Gasteiger partial charge is 0.399 e. The molecule has 0 saturated carbocycles. The second kappa shape index (κ2) is 6.64. The average molecular weight is 298 g/mol. The van der Waals surface area contributed by atoms with Gasteiger partial charge in [-0.1, -0.05) is 54.6 Å². The van der Waals surface area contributed by atoms with E-state index >= 15 is 0 Å². The maximum Gasteiger partial charge on any atom is 0.0412 e. The third-order valence-electron chi connectivity index (χ3n) is 3.68. The molecule has 2 aromatic rings. The van der Waals surface area contributed by atoms with Crippen LogP contribution in [-0.4, -0.2) is 0 Å². The molecule has 0 spiro atoms. The highest BCUT2D eigenvalue weighted by Crippen LogP contribution is 2.29. The Morgan fingerprint density at radius 1 is 1.14 bits per heavy atom. The van der Waals surface area contributed by atoms with Crippen LogP contribution in [0.2, 0.25) is 5.02 Å². The van der Waals surface area contributed by atoms with Gasteiger partial charge in [0.1, 0.15) is 0 Å². The second-order valence-corrected chi connectivity index (χ2v) is 5.69. The van der Waals surface area contributed by atoms with Crippen LogP contribution < -0.4 is 5.73 Å². The Morgan fingerprint density at radius 2 is 1.81 bits per heavy atom. The lowest BCUT2D eigenvalue weighted by atomic mass is 9.90. The van der Waals surface area contributed by atoms with E-state index in [0.29, 0.717) is 5.70 Å². The van der Waals surface area contributed by atoms with Crippen LogP contribution in [0.25, 0.3) is 5.57 Å². The molecule has 108 valence electrons. The zero-order chi connectivity index (χ0) is 15.4. The number of hydrogen-bond acceptors (Lipinski definition) is 1. The molecule has 0 aromatic heterocycles. The summed E-state index contributed by atoms with van der Waals surface area (Å²) in [5.41, 5.74) is 12.3. The first kappa shape index (κ1) is 15.4. The van der Waals surface area contributed by atoms with Crippen molar-refractivity contribution in [2.75, 3.05) is 0 Å². The molecule has 2 heteroatoms. The van der Waals surface area contributed by atoms with Crippen molar-refractivity contribution in [2.24, 2.45) is 5.73 Å². The summed E-state index contributed by atoms with van der Waals surface area (Å²) in [6.45, 7) is 7.98. The van der Waals surface area contributed by atoms with E-state index in [0.717, 1.165) is 22.6 Å². The third kappa shape index (κ3) is 3.77. The van der Waals surface area contributed by atoms with E-state index in [-0.39, 0.29) is 0 Å². The van der Waals surface area contributed by atoms with Gasteiger partial charge in [-0.05, 0) is 60.2 Å². The van der Waals surface area contributed by atoms with Crippen LogP contribution in [0.4, 0.5) is 0 Å². The summed E-state index contributed by atoms with van der Waals surface area (Å²) in [4.78, 5) is 0. The van der Waals surface area contributed by atoms with E-state index < -0.39 is 0 Å². The standard InChI is InChI=1S/C19H20ClN/c1-13-9-10-17(20)12-18(13)19(14(2)15(3)21)11-16-7-5-4-6-8-16/h4-10,12H,3,11,21H2,1-2H3/b19-14+. The molecule has 0 radical (unpaired) electrons. The fourth-order valence-corrected chi connectivity index (χ4v) is 2.52. The zero-order valence-electron chi connectivity index (χ0n) is 12.5. The summed E-state index contributed by atoms with van der Waals surface area (Å²) in [6, 6.07) is 16.3. The van der Waals surface area contributed by atoms with Gasteiger partial charge in [0.25, 0.3) is 0 Å². The van der Waals surface area contributed by atoms with Crippen molar-refractivity contribution < 1.29 is 0 Å². The summed E-state index contributed by atoms with van der Waals surface area (Å²) in [5.74, 6) is 0. The van der Waals surface area contributed by atoms with Crippen LogP contribution in [-0.2, 0) is 6.42 Å². The molecule has 0 aliphatic carbocycles. The maximum atomic E-state index is 6.17. The lowest BCUT2D eigenvalue weighted by molar-refractivity contribution is 1.20. The van der Waals surface area contributed by atoms with Crippen molar-refractivity contribution in [1.29, 1.82) is 0 Å². The van der Waals surface area contributed by atoms with Crippen molar-refractivity contribution in [3.8, 4) is 0 Å². The normalized spacial score (nSPS) is 12.0. The van der Waals surface area contributed by atoms with Crippen LogP contribution in [0.3, 0.4) is 0 Å². The Morgan fingerprint density at radius 3 is 2.43 bits per heavy atom. The van der Waals surface area contributed by atoms with E-state index in [1.54, 1.807) is 0 Å². The molecule has 2 rings (SSSR count). The fourth-order valence-electron chi connectivity index (χ4n) is 2.34. The molecule has 21 heavy (non-hydrogen) atoms. The van der Waals surface area contributed by atoms with Crippen LogP contribution >= 0.6 is 11.6 Å². The first-order valence-corrected chi connectivity index (χ1v) is 7.31. The van der Waals surface area contributed by atoms with E-state index in [1.807, 2.05) is 43.3 Å². The molecule has 0 amide bonds. The third-order valence-corrected chi connectivity index (χ3v) is 3.92. The molecule has 0 fully saturated rings. The van der Waals surface area contributed by atoms with Gasteiger partial charge in [0.2, 0.25) is 0 Å². The van der Waals surface area contributed by atoms with Crippen LogP contribution in [0.1, 0.15) is 23.6 Å². The van der Waals surface area contributed by atoms with Gasteiger partial charge >= 0.3 is 0 Å². The van der Waals surface area contributed by atoms with Gasteiger partial charge in [0.15, 0.2) is 0 Å². The number of allylic oxidation sites excluding steroid dienone is 2. The van der Waals surface area contributed by atoms with E-state index in [4.69, 9.17) is 17.3 Å². The molecule has 0 aliphatic heterocycles. The van der Waals surface area contributed by atoms with Gasteiger partial charge in [-0.3, -0.25) is 0 Å². The summed E-state index contributed by atoms with van der Waals surface area (Å²) < 4.78 is 0. The highest BCUT2D eigenvalue weighted by atomic mass is 35.5. The maximum absolute atomic E-state index is 6.17. The number of rotatable bonds is 4. The number of halogens is 1. The van der Waals surface area contributed by atoms with E-state index in [1.165, 1.54) is 16.7 Å². The minimum Gasteiger partial charge on any atom is -0.399 e. The van der Waals surface area contributed by atoms with Crippen molar-refractivity contribution in [3.63, 3.8) is 0 Å². The first-order valence-electron chi connectivity index (χ1n) is 6.94. The quantitative estimate of drug-likeness (QED) is 0.777. The molecular formula is C19H20ClN. The van der Waals surface area contributed by atoms with Crippen molar-refractivity contribution in [3.05, 3.63) is 88.1 Å². The smallest absolute Gasteiger partial charge is 0.0412 e. The summed E-state index contributed by atoms with van der Waals surface area (Å²) in [6.07, 6.45) is 0.810. The lowest BCUT2D eigenvalue weighted by Crippen LogP contribution is -2.03. The molecular weight excluding hydrogens is 278 g/mol. The van der Waals surface area contributed by atoms with E-state index in [9.17, 15) is 0 Å². The zero-order valence-corrected chi connectivity index (χ0v) is 13.2. The molecule has 0 unspecified atom stereocenters. The Balaban J connectivity index is 2.55. The molecule has 0 heterocycles. The van der Waals surface area contributed by atoms with Gasteiger partial charge < -0.3 is 5.73 Å². The van der Waals surface area contributed by atoms with Crippen LogP contribution in [0.5, 0.6) is 0 Å². The highest BCUT2D eigenvalue weighted by molar-refractivity contribution is 6.30. The monoisotopic (exact) mass is 297 g/mol. The highest BCUT2D eigenvalue weighted by Gasteiger charge is 2.11. The molecule has 1 nitrogen and oxygen atoms in total. The predicted octanol–water partition coefficient (Wildman–Crippen LogP) is 5.14. The Labute approximate surface area is 131 Å². The van der Waals surface area contributed by atoms with E-state index in [2.05, 4.69) is 25.6 Å². The van der Waals surface area contributed by atoms with Crippen LogP contribution in [0, 0.1) is 6.92 Å². The fraction of sp³-hybridized carbons (Fsp3) is 0.158. The summed E-state index contributed by atoms with van der Waals surface area (Å²) in [7, 11) is 0. The lowest BCUT2D eigenvalue weighted by Gasteiger charge is -2.16. The molecule has 0 bridgehead atoms. The van der Waals surface area contributed by atoms with Gasteiger partial charge in [0.05, 0.1) is 0 Å². The SMILES string of the molecule is C=C(N)/C(C)=C(\Cc1ccccc1)c1cc(Cl)ccc1C.